The summed E-state index contributed by atoms with van der Waals surface area (Å²) in [5, 5.41) is 6.51. The lowest BCUT2D eigenvalue weighted by Gasteiger charge is -2.09. The molecule has 6 nitrogen and oxygen atoms in total. The molecule has 0 unspecified atom stereocenters. The van der Waals surface area contributed by atoms with Crippen molar-refractivity contribution in [2.45, 2.75) is 12.4 Å². The number of H-pyrrole nitrogens is 1. The molecule has 0 bridgehead atoms. The summed E-state index contributed by atoms with van der Waals surface area (Å²) in [6.45, 7) is 0. The summed E-state index contributed by atoms with van der Waals surface area (Å²) >= 11 is 0. The zero-order valence-corrected chi connectivity index (χ0v) is 10.2. The summed E-state index contributed by atoms with van der Waals surface area (Å²) in [7, 11) is 0. The van der Waals surface area contributed by atoms with Gasteiger partial charge in [-0.05, 0) is 0 Å². The topological polar surface area (TPSA) is 83.6 Å². The maximum atomic E-state index is 12.7. The molecule has 0 atom stereocenters. The Balaban J connectivity index is 2.26. The molecule has 0 aromatic carbocycles. The summed E-state index contributed by atoms with van der Waals surface area (Å²) in [6.07, 6.45) is -8.10. The number of nitrogens with one attached hydrogen (secondary N) is 2. The van der Waals surface area contributed by atoms with Gasteiger partial charge in [0.05, 0.1) is 0 Å². The quantitative estimate of drug-likeness (QED) is 0.831. The van der Waals surface area contributed by atoms with E-state index in [1.54, 1.807) is 10.4 Å². The number of carbonyl (C=O) groups excluding carboxylic acids is 1. The van der Waals surface area contributed by atoms with E-state index < -0.39 is 41.2 Å². The maximum Gasteiger partial charge on any atom is 0.435 e. The lowest BCUT2D eigenvalue weighted by molar-refractivity contribution is -0.142. The van der Waals surface area contributed by atoms with E-state index in [4.69, 9.17) is 0 Å². The molecule has 2 N–H and O–H groups in total. The Morgan fingerprint density at radius 1 is 1.05 bits per heavy atom. The van der Waals surface area contributed by atoms with Crippen molar-refractivity contribution in [3.05, 3.63) is 35.5 Å². The van der Waals surface area contributed by atoms with Gasteiger partial charge in [0, 0.05) is 18.5 Å². The third kappa shape index (κ3) is 3.32. The largest absolute Gasteiger partial charge is 0.435 e. The first-order valence-corrected chi connectivity index (χ1v) is 5.41. The number of amides is 1. The highest BCUT2D eigenvalue weighted by Gasteiger charge is 2.38. The van der Waals surface area contributed by atoms with Crippen molar-refractivity contribution in [2.24, 2.45) is 0 Å². The lowest BCUT2D eigenvalue weighted by Crippen LogP contribution is -2.21. The monoisotopic (exact) mass is 325 g/mol. The molecule has 2 heterocycles. The molecule has 2 rings (SSSR count). The van der Waals surface area contributed by atoms with Crippen molar-refractivity contribution in [3.63, 3.8) is 0 Å². The number of aromatic nitrogens is 4. The van der Waals surface area contributed by atoms with E-state index in [-0.39, 0.29) is 0 Å². The van der Waals surface area contributed by atoms with Gasteiger partial charge >= 0.3 is 12.4 Å². The van der Waals surface area contributed by atoms with Crippen LogP contribution in [-0.4, -0.2) is 26.1 Å². The normalized spacial score (nSPS) is 12.3. The summed E-state index contributed by atoms with van der Waals surface area (Å²) in [4.78, 5) is 17.9. The van der Waals surface area contributed by atoms with E-state index in [1.165, 1.54) is 0 Å². The van der Waals surface area contributed by atoms with Crippen molar-refractivity contribution in [3.8, 4) is 0 Å². The van der Waals surface area contributed by atoms with E-state index in [1.807, 2.05) is 0 Å². The van der Waals surface area contributed by atoms with Gasteiger partial charge in [-0.3, -0.25) is 9.89 Å². The Kier molecular flexibility index (Phi) is 3.77. The Morgan fingerprint density at radius 2 is 1.68 bits per heavy atom. The molecule has 0 radical (unpaired) electrons. The van der Waals surface area contributed by atoms with Crippen molar-refractivity contribution < 1.29 is 31.1 Å². The van der Waals surface area contributed by atoms with Crippen LogP contribution in [0.2, 0.25) is 0 Å². The zero-order chi connectivity index (χ0) is 16.5. The van der Waals surface area contributed by atoms with Crippen LogP contribution in [0.1, 0.15) is 21.9 Å². The SMILES string of the molecule is O=C(Nc1cc(C(F)(F)F)[nH]n1)c1nccnc1C(F)(F)F. The van der Waals surface area contributed by atoms with Crippen LogP contribution in [0.5, 0.6) is 0 Å². The standard InChI is InChI=1S/C10H5F6N5O/c11-9(12,13)4-3-5(21-20-4)19-8(22)6-7(10(14,15)16)18-2-1-17-6/h1-3H,(H2,19,20,21,22). The number of rotatable bonds is 2. The van der Waals surface area contributed by atoms with Crippen molar-refractivity contribution >= 4 is 11.7 Å². The predicted molar refractivity (Wildman–Crippen MR) is 58.6 cm³/mol. The molecule has 0 spiro atoms. The van der Waals surface area contributed by atoms with Crippen LogP contribution < -0.4 is 5.32 Å². The molecule has 0 aliphatic carbocycles. The highest BCUT2D eigenvalue weighted by Crippen LogP contribution is 2.30. The average molecular weight is 325 g/mol. The summed E-state index contributed by atoms with van der Waals surface area (Å²) in [6, 6.07) is 0.432. The first-order valence-electron chi connectivity index (χ1n) is 5.41. The second kappa shape index (κ2) is 5.27. The average Bonchev–Trinajstić information content (AvgIpc) is 2.86. The Morgan fingerprint density at radius 3 is 2.23 bits per heavy atom. The summed E-state index contributed by atoms with van der Waals surface area (Å²) in [5.41, 5.74) is -3.90. The van der Waals surface area contributed by atoms with Crippen molar-refractivity contribution in [1.29, 1.82) is 0 Å². The number of hydrogen-bond donors (Lipinski definition) is 2. The number of carbonyl (C=O) groups is 1. The van der Waals surface area contributed by atoms with Crippen molar-refractivity contribution in [1.82, 2.24) is 20.2 Å². The van der Waals surface area contributed by atoms with Gasteiger partial charge in [-0.2, -0.15) is 31.4 Å². The fourth-order valence-corrected chi connectivity index (χ4v) is 1.42. The number of nitrogens with zero attached hydrogens (tertiary/aromatic N) is 3. The molecule has 0 fully saturated rings. The first kappa shape index (κ1) is 15.7. The van der Waals surface area contributed by atoms with Gasteiger partial charge in [-0.15, -0.1) is 0 Å². The van der Waals surface area contributed by atoms with Crippen LogP contribution in [-0.2, 0) is 12.4 Å². The number of anilines is 1. The molecule has 1 amide bonds. The molecule has 2 aromatic rings. The molecule has 0 aliphatic rings. The number of aromatic amines is 1. The fraction of sp³-hybridized carbons (Fsp3) is 0.200. The number of halogens is 6. The van der Waals surface area contributed by atoms with Gasteiger partial charge in [0.15, 0.2) is 17.2 Å². The molecule has 0 aliphatic heterocycles. The second-order valence-electron chi connectivity index (χ2n) is 3.87. The number of hydrogen-bond acceptors (Lipinski definition) is 4. The lowest BCUT2D eigenvalue weighted by atomic mass is 10.2. The van der Waals surface area contributed by atoms with E-state index in [2.05, 4.69) is 15.1 Å². The third-order valence-electron chi connectivity index (χ3n) is 2.31. The Hall–Kier alpha value is -2.66. The van der Waals surface area contributed by atoms with Gasteiger partial charge in [-0.1, -0.05) is 0 Å². The predicted octanol–water partition coefficient (Wildman–Crippen LogP) is 2.49. The van der Waals surface area contributed by atoms with Gasteiger partial charge in [0.2, 0.25) is 0 Å². The third-order valence-corrected chi connectivity index (χ3v) is 2.31. The van der Waals surface area contributed by atoms with E-state index >= 15 is 0 Å². The molecule has 22 heavy (non-hydrogen) atoms. The van der Waals surface area contributed by atoms with Gasteiger partial charge in [-0.25, -0.2) is 9.97 Å². The van der Waals surface area contributed by atoms with E-state index in [0.29, 0.717) is 6.07 Å². The molecule has 0 saturated carbocycles. The molecular formula is C10H5F6N5O. The van der Waals surface area contributed by atoms with Crippen LogP contribution in [0.15, 0.2) is 18.5 Å². The molecular weight excluding hydrogens is 320 g/mol. The minimum absolute atomic E-state index is 0.432. The minimum Gasteiger partial charge on any atom is -0.304 e. The van der Waals surface area contributed by atoms with Crippen LogP contribution in [0.4, 0.5) is 32.2 Å². The van der Waals surface area contributed by atoms with Crippen LogP contribution in [0, 0.1) is 0 Å². The first-order chi connectivity index (χ1) is 10.1. The molecule has 118 valence electrons. The molecule has 2 aromatic heterocycles. The minimum atomic E-state index is -4.94. The van der Waals surface area contributed by atoms with E-state index in [0.717, 1.165) is 12.4 Å². The highest BCUT2D eigenvalue weighted by molar-refractivity contribution is 6.03. The van der Waals surface area contributed by atoms with Crippen molar-refractivity contribution in [2.75, 3.05) is 5.32 Å². The highest BCUT2D eigenvalue weighted by atomic mass is 19.4. The molecule has 12 heteroatoms. The van der Waals surface area contributed by atoms with Crippen LogP contribution >= 0.6 is 0 Å². The number of alkyl halides is 6. The smallest absolute Gasteiger partial charge is 0.304 e. The van der Waals surface area contributed by atoms with Gasteiger partial charge in [0.25, 0.3) is 5.91 Å². The Labute approximate surface area is 117 Å². The molecule has 0 saturated heterocycles. The van der Waals surface area contributed by atoms with Gasteiger partial charge < -0.3 is 5.32 Å². The second-order valence-corrected chi connectivity index (χ2v) is 3.87. The van der Waals surface area contributed by atoms with Gasteiger partial charge in [0.1, 0.15) is 5.69 Å². The van der Waals surface area contributed by atoms with Crippen LogP contribution in [0.25, 0.3) is 0 Å². The Bertz CT molecular complexity index is 692. The zero-order valence-electron chi connectivity index (χ0n) is 10.2. The summed E-state index contributed by atoms with van der Waals surface area (Å²) < 4.78 is 74.9. The summed E-state index contributed by atoms with van der Waals surface area (Å²) in [5.74, 6) is -1.99. The van der Waals surface area contributed by atoms with E-state index in [9.17, 15) is 31.1 Å². The maximum absolute atomic E-state index is 12.7. The van der Waals surface area contributed by atoms with Crippen LogP contribution in [0.3, 0.4) is 0 Å². The fourth-order valence-electron chi connectivity index (χ4n) is 1.42.